The maximum absolute atomic E-state index is 13.4. The van der Waals surface area contributed by atoms with Gasteiger partial charge in [0.05, 0.1) is 11.8 Å². The summed E-state index contributed by atoms with van der Waals surface area (Å²) in [4.78, 5) is 12.3. The van der Waals surface area contributed by atoms with E-state index in [1.807, 2.05) is 10.8 Å². The Morgan fingerprint density at radius 2 is 1.93 bits per heavy atom. The quantitative estimate of drug-likeness (QED) is 0.482. The van der Waals surface area contributed by atoms with Crippen molar-refractivity contribution < 1.29 is 18.0 Å². The molecule has 2 rings (SSSR count). The summed E-state index contributed by atoms with van der Waals surface area (Å²) in [5.41, 5.74) is -1.48. The molecule has 0 aliphatic carbocycles. The molecule has 29 heavy (non-hydrogen) atoms. The molecule has 162 valence electrons. The van der Waals surface area contributed by atoms with Crippen molar-refractivity contribution >= 4 is 17.7 Å². The molecule has 1 amide bonds. The molecular formula is C18H27F3N6OS. The number of halogens is 3. The number of carbonyl (C=O) groups excluding carboxylic acids is 1. The Kier molecular flexibility index (Phi) is 7.73. The van der Waals surface area contributed by atoms with Crippen LogP contribution in [0.2, 0.25) is 0 Å². The second-order valence-electron chi connectivity index (χ2n) is 7.41. The van der Waals surface area contributed by atoms with E-state index in [1.165, 1.54) is 11.8 Å². The summed E-state index contributed by atoms with van der Waals surface area (Å²) in [6.07, 6.45) is -0.647. The number of aromatic nitrogens is 5. The van der Waals surface area contributed by atoms with Crippen molar-refractivity contribution in [3.63, 3.8) is 0 Å². The zero-order chi connectivity index (χ0) is 21.8. The lowest BCUT2D eigenvalue weighted by atomic mass is 10.2. The molecule has 0 aliphatic heterocycles. The highest BCUT2D eigenvalue weighted by molar-refractivity contribution is 7.98. The average Bonchev–Trinajstić information content (AvgIpc) is 3.22. The highest BCUT2D eigenvalue weighted by Gasteiger charge is 2.40. The second-order valence-corrected chi connectivity index (χ2v) is 8.18. The minimum atomic E-state index is -4.66. The average molecular weight is 433 g/mol. The lowest BCUT2D eigenvalue weighted by molar-refractivity contribution is -0.145. The van der Waals surface area contributed by atoms with Crippen molar-refractivity contribution in [3.05, 3.63) is 23.3 Å². The van der Waals surface area contributed by atoms with Crippen molar-refractivity contribution in [1.29, 1.82) is 0 Å². The summed E-state index contributed by atoms with van der Waals surface area (Å²) >= 11 is 1.51. The zero-order valence-corrected chi connectivity index (χ0v) is 18.1. The number of nitrogens with one attached hydrogen (secondary N) is 1. The Morgan fingerprint density at radius 3 is 2.48 bits per heavy atom. The van der Waals surface area contributed by atoms with Crippen LogP contribution in [0, 0.1) is 5.92 Å². The second kappa shape index (κ2) is 9.64. The first-order valence-electron chi connectivity index (χ1n) is 9.45. The number of carbonyl (C=O) groups is 1. The van der Waals surface area contributed by atoms with Gasteiger partial charge in [0.15, 0.2) is 10.9 Å². The Hall–Kier alpha value is -2.04. The molecule has 11 heteroatoms. The van der Waals surface area contributed by atoms with Gasteiger partial charge in [-0.05, 0) is 32.4 Å². The van der Waals surface area contributed by atoms with Crippen molar-refractivity contribution in [2.45, 2.75) is 64.5 Å². The summed E-state index contributed by atoms with van der Waals surface area (Å²) in [6, 6.07) is -0.508. The monoisotopic (exact) mass is 432 g/mol. The van der Waals surface area contributed by atoms with Crippen LogP contribution in [0.15, 0.2) is 11.4 Å². The van der Waals surface area contributed by atoms with Gasteiger partial charge in [-0.25, -0.2) is 0 Å². The van der Waals surface area contributed by atoms with E-state index < -0.39 is 29.4 Å². The van der Waals surface area contributed by atoms with Gasteiger partial charge in [-0.2, -0.15) is 18.3 Å². The number of nitrogens with zero attached hydrogens (tertiary/aromatic N) is 5. The topological polar surface area (TPSA) is 77.6 Å². The molecule has 0 radical (unpaired) electrons. The van der Waals surface area contributed by atoms with Crippen LogP contribution < -0.4 is 5.32 Å². The normalized spacial score (nSPS) is 12.2. The molecular weight excluding hydrogens is 405 g/mol. The Morgan fingerprint density at radius 1 is 1.24 bits per heavy atom. The van der Waals surface area contributed by atoms with Crippen LogP contribution in [0.3, 0.4) is 0 Å². The molecule has 0 aliphatic rings. The maximum Gasteiger partial charge on any atom is 0.433 e. The lowest BCUT2D eigenvalue weighted by Crippen LogP contribution is -2.28. The van der Waals surface area contributed by atoms with Crippen LogP contribution in [-0.4, -0.2) is 43.3 Å². The van der Waals surface area contributed by atoms with Crippen LogP contribution in [-0.2, 0) is 19.1 Å². The largest absolute Gasteiger partial charge is 0.433 e. The first-order chi connectivity index (χ1) is 13.6. The molecule has 0 bridgehead atoms. The summed E-state index contributed by atoms with van der Waals surface area (Å²) in [5.74, 6) is 0.451. The first-order valence-corrected chi connectivity index (χ1v) is 10.7. The van der Waals surface area contributed by atoms with E-state index in [4.69, 9.17) is 0 Å². The van der Waals surface area contributed by atoms with Gasteiger partial charge in [0.2, 0.25) is 0 Å². The third-order valence-electron chi connectivity index (χ3n) is 4.18. The molecule has 0 atom stereocenters. The van der Waals surface area contributed by atoms with Crippen LogP contribution >= 0.6 is 11.8 Å². The van der Waals surface area contributed by atoms with E-state index in [0.717, 1.165) is 28.4 Å². The van der Waals surface area contributed by atoms with Crippen molar-refractivity contribution in [2.24, 2.45) is 5.92 Å². The number of aryl methyl sites for hydroxylation is 1. The molecule has 2 heterocycles. The molecule has 0 saturated heterocycles. The lowest BCUT2D eigenvalue weighted by Gasteiger charge is -2.15. The molecule has 0 fully saturated rings. The number of hydrogen-bond acceptors (Lipinski definition) is 5. The summed E-state index contributed by atoms with van der Waals surface area (Å²) < 4.78 is 43.1. The Balaban J connectivity index is 2.01. The van der Waals surface area contributed by atoms with E-state index in [-0.39, 0.29) is 6.54 Å². The minimum Gasteiger partial charge on any atom is -0.352 e. The number of amides is 1. The van der Waals surface area contributed by atoms with E-state index in [9.17, 15) is 18.0 Å². The van der Waals surface area contributed by atoms with Crippen molar-refractivity contribution in [2.75, 3.05) is 12.8 Å². The number of rotatable bonds is 9. The van der Waals surface area contributed by atoms with Crippen LogP contribution in [0.1, 0.15) is 62.0 Å². The molecule has 0 aromatic carbocycles. The van der Waals surface area contributed by atoms with Gasteiger partial charge in [-0.1, -0.05) is 25.6 Å². The predicted octanol–water partition coefficient (Wildman–Crippen LogP) is 3.81. The van der Waals surface area contributed by atoms with E-state index in [0.29, 0.717) is 18.8 Å². The molecule has 7 nitrogen and oxygen atoms in total. The zero-order valence-electron chi connectivity index (χ0n) is 17.2. The van der Waals surface area contributed by atoms with Gasteiger partial charge in [0, 0.05) is 25.6 Å². The van der Waals surface area contributed by atoms with Crippen LogP contribution in [0.4, 0.5) is 13.2 Å². The number of thioether (sulfide) groups is 1. The fraction of sp³-hybridized carbons (Fsp3) is 0.667. The van der Waals surface area contributed by atoms with Gasteiger partial charge in [-0.3, -0.25) is 9.48 Å². The highest BCUT2D eigenvalue weighted by Crippen LogP contribution is 2.33. The summed E-state index contributed by atoms with van der Waals surface area (Å²) in [6.45, 7) is 8.38. The maximum atomic E-state index is 13.4. The van der Waals surface area contributed by atoms with E-state index in [1.54, 1.807) is 13.8 Å². The third-order valence-corrected chi connectivity index (χ3v) is 4.85. The fourth-order valence-corrected chi connectivity index (χ4v) is 3.47. The highest BCUT2D eigenvalue weighted by atomic mass is 32.2. The standard InChI is InChI=1S/C18H27F3N6OS/c1-11(2)10-26-14(24-25-17(26)29-5)7-6-8-22-16(28)13-9-23-27(12(3)4)15(13)18(19,20)21/h9,11-12H,6-8,10H2,1-5H3,(H,22,28). The molecule has 2 aromatic rings. The number of hydrogen-bond donors (Lipinski definition) is 1. The van der Waals surface area contributed by atoms with Gasteiger partial charge in [0.25, 0.3) is 5.91 Å². The predicted molar refractivity (Wildman–Crippen MR) is 105 cm³/mol. The SMILES string of the molecule is CSc1nnc(CCCNC(=O)c2cnn(C(C)C)c2C(F)(F)F)n1CC(C)C. The van der Waals surface area contributed by atoms with Gasteiger partial charge in [-0.15, -0.1) is 10.2 Å². The van der Waals surface area contributed by atoms with E-state index >= 15 is 0 Å². The number of alkyl halides is 3. The molecule has 2 aromatic heterocycles. The van der Waals surface area contributed by atoms with Gasteiger partial charge < -0.3 is 9.88 Å². The molecule has 0 saturated carbocycles. The van der Waals surface area contributed by atoms with Crippen LogP contribution in [0.25, 0.3) is 0 Å². The van der Waals surface area contributed by atoms with E-state index in [2.05, 4.69) is 34.5 Å². The van der Waals surface area contributed by atoms with Gasteiger partial charge >= 0.3 is 6.18 Å². The fourth-order valence-electron chi connectivity index (χ4n) is 2.95. The smallest absolute Gasteiger partial charge is 0.352 e. The summed E-state index contributed by atoms with van der Waals surface area (Å²) in [5, 5.41) is 15.5. The minimum absolute atomic E-state index is 0.228. The van der Waals surface area contributed by atoms with Crippen molar-refractivity contribution in [1.82, 2.24) is 29.9 Å². The van der Waals surface area contributed by atoms with Crippen molar-refractivity contribution in [3.8, 4) is 0 Å². The van der Waals surface area contributed by atoms with Crippen LogP contribution in [0.5, 0.6) is 0 Å². The Labute approximate surface area is 172 Å². The Bertz CT molecular complexity index is 828. The first kappa shape index (κ1) is 23.2. The third kappa shape index (κ3) is 5.74. The molecule has 0 unspecified atom stereocenters. The molecule has 0 spiro atoms. The van der Waals surface area contributed by atoms with Gasteiger partial charge in [0.1, 0.15) is 5.82 Å². The summed E-state index contributed by atoms with van der Waals surface area (Å²) in [7, 11) is 0. The molecule has 1 N–H and O–H groups in total.